The van der Waals surface area contributed by atoms with E-state index in [4.69, 9.17) is 35.4 Å². The van der Waals surface area contributed by atoms with Gasteiger partial charge in [-0.15, -0.1) is 0 Å². The number of fused-ring (bicyclic) bond motifs is 1. The molecule has 0 aromatic heterocycles. The SMILES string of the molecule is CC1(C)C(=O)N(c2ccccc2)C(=S)C12N(Cc1ccc(Cl)cc1)c1ccccc1N2Cc1ccc(Cl)cc1. The lowest BCUT2D eigenvalue weighted by Gasteiger charge is -2.49. The van der Waals surface area contributed by atoms with Crippen molar-refractivity contribution in [2.75, 3.05) is 14.7 Å². The standard InChI is InChI=1S/C32H27Cl2N3OS/c1-31(2)29(38)37(26-8-4-3-5-9-26)30(39)32(31)35(20-22-12-16-24(33)17-13-22)27-10-6-7-11-28(27)36(32)21-23-14-18-25(34)19-15-23/h3-19H,20-21H2,1-2H3. The highest BCUT2D eigenvalue weighted by molar-refractivity contribution is 7.81. The van der Waals surface area contributed by atoms with Crippen molar-refractivity contribution in [2.45, 2.75) is 32.6 Å². The number of halogens is 2. The van der Waals surface area contributed by atoms with Crippen LogP contribution in [0, 0.1) is 5.41 Å². The summed E-state index contributed by atoms with van der Waals surface area (Å²) in [6, 6.07) is 33.7. The summed E-state index contributed by atoms with van der Waals surface area (Å²) in [6.07, 6.45) is 0. The van der Waals surface area contributed by atoms with E-state index in [-0.39, 0.29) is 5.91 Å². The number of rotatable bonds is 5. The van der Waals surface area contributed by atoms with Crippen LogP contribution in [0.5, 0.6) is 0 Å². The minimum absolute atomic E-state index is 0.0336. The number of hydrogen-bond acceptors (Lipinski definition) is 4. The molecule has 4 aromatic carbocycles. The van der Waals surface area contributed by atoms with Gasteiger partial charge in [-0.05, 0) is 73.5 Å². The van der Waals surface area contributed by atoms with Gasteiger partial charge in [0.25, 0.3) is 0 Å². The number of nitrogens with zero attached hydrogens (tertiary/aromatic N) is 3. The molecule has 0 bridgehead atoms. The number of hydrogen-bond donors (Lipinski definition) is 0. The first-order chi connectivity index (χ1) is 18.7. The van der Waals surface area contributed by atoms with Gasteiger partial charge in [-0.3, -0.25) is 9.69 Å². The third-order valence-electron chi connectivity index (χ3n) is 7.88. The maximum Gasteiger partial charge on any atom is 0.242 e. The normalized spacial score (nSPS) is 17.3. The van der Waals surface area contributed by atoms with E-state index in [1.54, 1.807) is 4.90 Å². The van der Waals surface area contributed by atoms with Gasteiger partial charge in [0.1, 0.15) is 4.99 Å². The lowest BCUT2D eigenvalue weighted by atomic mass is 9.78. The summed E-state index contributed by atoms with van der Waals surface area (Å²) in [5.41, 5.74) is 3.11. The van der Waals surface area contributed by atoms with Crippen LogP contribution in [0.25, 0.3) is 0 Å². The molecule has 1 fully saturated rings. The van der Waals surface area contributed by atoms with Gasteiger partial charge in [0.15, 0.2) is 5.66 Å². The van der Waals surface area contributed by atoms with Crippen LogP contribution in [0.2, 0.25) is 10.0 Å². The molecule has 7 heteroatoms. The summed E-state index contributed by atoms with van der Waals surface area (Å²) in [6.45, 7) is 5.12. The molecule has 6 rings (SSSR count). The second kappa shape index (κ2) is 9.67. The molecule has 4 nitrogen and oxygen atoms in total. The smallest absolute Gasteiger partial charge is 0.242 e. The zero-order chi connectivity index (χ0) is 27.4. The Hall–Kier alpha value is -3.38. The highest BCUT2D eigenvalue weighted by atomic mass is 35.5. The molecular weight excluding hydrogens is 545 g/mol. The number of thiocarbonyl (C=S) groups is 1. The topological polar surface area (TPSA) is 26.8 Å². The molecule has 1 amide bonds. The maximum atomic E-state index is 14.4. The summed E-state index contributed by atoms with van der Waals surface area (Å²) in [5.74, 6) is -0.0336. The molecule has 196 valence electrons. The van der Waals surface area contributed by atoms with Crippen molar-refractivity contribution < 1.29 is 4.79 Å². The molecule has 0 aliphatic carbocycles. The zero-order valence-electron chi connectivity index (χ0n) is 21.6. The first-order valence-electron chi connectivity index (χ1n) is 12.8. The predicted molar refractivity (Wildman–Crippen MR) is 165 cm³/mol. The van der Waals surface area contributed by atoms with Crippen molar-refractivity contribution in [2.24, 2.45) is 5.41 Å². The van der Waals surface area contributed by atoms with Gasteiger partial charge >= 0.3 is 0 Å². The summed E-state index contributed by atoms with van der Waals surface area (Å²) >= 11 is 18.8. The first-order valence-corrected chi connectivity index (χ1v) is 14.0. The van der Waals surface area contributed by atoms with Crippen LogP contribution in [0.4, 0.5) is 17.1 Å². The Kier molecular flexibility index (Phi) is 6.41. The molecule has 2 aliphatic rings. The maximum absolute atomic E-state index is 14.4. The Morgan fingerprint density at radius 3 is 1.56 bits per heavy atom. The van der Waals surface area contributed by atoms with Crippen molar-refractivity contribution in [3.63, 3.8) is 0 Å². The van der Waals surface area contributed by atoms with E-state index in [1.165, 1.54) is 0 Å². The van der Waals surface area contributed by atoms with E-state index in [2.05, 4.69) is 21.9 Å². The fraction of sp³-hybridized carbons (Fsp3) is 0.188. The van der Waals surface area contributed by atoms with E-state index >= 15 is 0 Å². The highest BCUT2D eigenvalue weighted by Crippen LogP contribution is 2.58. The van der Waals surface area contributed by atoms with Crippen LogP contribution in [0.15, 0.2) is 103 Å². The van der Waals surface area contributed by atoms with Crippen LogP contribution >= 0.6 is 35.4 Å². The number of anilines is 3. The zero-order valence-corrected chi connectivity index (χ0v) is 24.0. The Labute approximate surface area is 244 Å². The molecule has 1 saturated heterocycles. The average molecular weight is 573 g/mol. The Morgan fingerprint density at radius 1 is 0.667 bits per heavy atom. The van der Waals surface area contributed by atoms with E-state index in [0.717, 1.165) is 28.2 Å². The Morgan fingerprint density at radius 2 is 1.10 bits per heavy atom. The second-order valence-electron chi connectivity index (χ2n) is 10.5. The van der Waals surface area contributed by atoms with E-state index in [0.29, 0.717) is 28.1 Å². The molecule has 4 aromatic rings. The summed E-state index contributed by atoms with van der Waals surface area (Å²) in [7, 11) is 0. The third kappa shape index (κ3) is 3.95. The Balaban J connectivity index is 1.58. The van der Waals surface area contributed by atoms with Gasteiger partial charge in [-0.2, -0.15) is 0 Å². The molecule has 39 heavy (non-hydrogen) atoms. The van der Waals surface area contributed by atoms with Gasteiger partial charge < -0.3 is 9.80 Å². The molecule has 1 spiro atoms. The molecule has 2 aliphatic heterocycles. The number of carbonyl (C=O) groups is 1. The molecular formula is C32H27Cl2N3OS. The molecule has 2 heterocycles. The summed E-state index contributed by atoms with van der Waals surface area (Å²) in [4.78, 5) is 21.3. The molecule has 0 radical (unpaired) electrons. The van der Waals surface area contributed by atoms with Gasteiger partial charge in [-0.1, -0.05) is 90.0 Å². The van der Waals surface area contributed by atoms with Crippen LogP contribution < -0.4 is 14.7 Å². The van der Waals surface area contributed by atoms with Gasteiger partial charge in [0, 0.05) is 28.8 Å². The quantitative estimate of drug-likeness (QED) is 0.226. The fourth-order valence-corrected chi connectivity index (χ4v) is 6.94. The minimum atomic E-state index is -0.960. The number of amides is 1. The molecule has 0 saturated carbocycles. The molecule has 0 unspecified atom stereocenters. The van der Waals surface area contributed by atoms with Gasteiger partial charge in [0.05, 0.1) is 16.8 Å². The highest BCUT2D eigenvalue weighted by Gasteiger charge is 2.71. The van der Waals surface area contributed by atoms with Crippen molar-refractivity contribution in [3.8, 4) is 0 Å². The van der Waals surface area contributed by atoms with Crippen molar-refractivity contribution >= 4 is 63.4 Å². The lowest BCUT2D eigenvalue weighted by Crippen LogP contribution is -2.67. The van der Waals surface area contributed by atoms with Gasteiger partial charge in [0.2, 0.25) is 5.91 Å². The monoisotopic (exact) mass is 571 g/mol. The van der Waals surface area contributed by atoms with Crippen LogP contribution in [0.3, 0.4) is 0 Å². The lowest BCUT2D eigenvalue weighted by molar-refractivity contribution is -0.125. The Bertz CT molecular complexity index is 1480. The summed E-state index contributed by atoms with van der Waals surface area (Å²) in [5, 5.41) is 1.36. The minimum Gasteiger partial charge on any atom is -0.336 e. The van der Waals surface area contributed by atoms with Crippen molar-refractivity contribution in [1.29, 1.82) is 0 Å². The van der Waals surface area contributed by atoms with Crippen LogP contribution in [-0.2, 0) is 17.9 Å². The van der Waals surface area contributed by atoms with Crippen LogP contribution in [-0.4, -0.2) is 16.6 Å². The number of benzene rings is 4. The first kappa shape index (κ1) is 25.9. The van der Waals surface area contributed by atoms with E-state index < -0.39 is 11.1 Å². The van der Waals surface area contributed by atoms with Crippen molar-refractivity contribution in [3.05, 3.63) is 124 Å². The second-order valence-corrected chi connectivity index (χ2v) is 11.8. The molecule has 0 N–H and O–H groups in total. The van der Waals surface area contributed by atoms with Crippen molar-refractivity contribution in [1.82, 2.24) is 0 Å². The third-order valence-corrected chi connectivity index (χ3v) is 8.85. The van der Waals surface area contributed by atoms with Gasteiger partial charge in [-0.25, -0.2) is 0 Å². The van der Waals surface area contributed by atoms with E-state index in [9.17, 15) is 4.79 Å². The largest absolute Gasteiger partial charge is 0.336 e. The number of para-hydroxylation sites is 3. The molecule has 0 atom stereocenters. The predicted octanol–water partition coefficient (Wildman–Crippen LogP) is 8.12. The fourth-order valence-electron chi connectivity index (χ4n) is 6.02. The van der Waals surface area contributed by atoms with Crippen LogP contribution in [0.1, 0.15) is 25.0 Å². The summed E-state index contributed by atoms with van der Waals surface area (Å²) < 4.78 is 0. The average Bonchev–Trinajstić information content (AvgIpc) is 3.30. The van der Waals surface area contributed by atoms with E-state index in [1.807, 2.05) is 105 Å². The number of carbonyl (C=O) groups excluding carboxylic acids is 1.